The van der Waals surface area contributed by atoms with Crippen molar-refractivity contribution in [3.05, 3.63) is 24.3 Å². The van der Waals surface area contributed by atoms with Crippen LogP contribution in [-0.4, -0.2) is 49.7 Å². The molecule has 2 aliphatic rings. The molecule has 0 radical (unpaired) electrons. The SMILES string of the molecule is O=C1NC(=O)C2(CCN(S(=O)(=O)c3ccccc3OC(F)(F)F)CC2)N1. The van der Waals surface area contributed by atoms with E-state index in [1.165, 1.54) is 12.1 Å². The minimum atomic E-state index is -5.04. The zero-order chi connectivity index (χ0) is 19.2. The number of nitrogens with zero attached hydrogens (tertiary/aromatic N) is 1. The van der Waals surface area contributed by atoms with Crippen LogP contribution in [0.15, 0.2) is 29.2 Å². The van der Waals surface area contributed by atoms with Crippen LogP contribution in [0.3, 0.4) is 0 Å². The van der Waals surface area contributed by atoms with E-state index < -0.39 is 44.5 Å². The third-order valence-electron chi connectivity index (χ3n) is 4.28. The lowest BCUT2D eigenvalue weighted by molar-refractivity contribution is -0.275. The zero-order valence-electron chi connectivity index (χ0n) is 13.2. The lowest BCUT2D eigenvalue weighted by atomic mass is 9.89. The van der Waals surface area contributed by atoms with Gasteiger partial charge in [-0.15, -0.1) is 13.2 Å². The van der Waals surface area contributed by atoms with Crippen molar-refractivity contribution < 1.29 is 35.9 Å². The zero-order valence-corrected chi connectivity index (χ0v) is 14.0. The number of nitrogens with one attached hydrogen (secondary N) is 2. The van der Waals surface area contributed by atoms with Crippen LogP contribution in [0.5, 0.6) is 5.75 Å². The number of urea groups is 1. The number of amides is 3. The van der Waals surface area contributed by atoms with E-state index in [0.717, 1.165) is 16.4 Å². The number of carbonyl (C=O) groups is 2. The molecule has 0 bridgehead atoms. The Bertz CT molecular complexity index is 848. The number of hydrogen-bond donors (Lipinski definition) is 2. The molecule has 3 rings (SSSR count). The molecule has 12 heteroatoms. The Hall–Kier alpha value is -2.34. The van der Waals surface area contributed by atoms with Crippen molar-refractivity contribution in [3.63, 3.8) is 0 Å². The lowest BCUT2D eigenvalue weighted by Crippen LogP contribution is -2.55. The molecule has 8 nitrogen and oxygen atoms in total. The number of hydrogen-bond acceptors (Lipinski definition) is 5. The number of piperidine rings is 1. The Kier molecular flexibility index (Phi) is 4.35. The van der Waals surface area contributed by atoms with Gasteiger partial charge in [0.25, 0.3) is 5.91 Å². The summed E-state index contributed by atoms with van der Waals surface area (Å²) in [6.07, 6.45) is -5.03. The molecule has 26 heavy (non-hydrogen) atoms. The molecule has 0 unspecified atom stereocenters. The number of ether oxygens (including phenoxy) is 1. The molecule has 1 spiro atoms. The summed E-state index contributed by atoms with van der Waals surface area (Å²) in [6.45, 7) is -0.285. The van der Waals surface area contributed by atoms with Gasteiger partial charge in [-0.25, -0.2) is 13.2 Å². The van der Waals surface area contributed by atoms with Crippen molar-refractivity contribution in [2.24, 2.45) is 0 Å². The largest absolute Gasteiger partial charge is 0.573 e. The number of halogens is 3. The van der Waals surface area contributed by atoms with Gasteiger partial charge in [-0.2, -0.15) is 4.31 Å². The molecule has 2 saturated heterocycles. The smallest absolute Gasteiger partial charge is 0.404 e. The summed E-state index contributed by atoms with van der Waals surface area (Å²) < 4.78 is 67.8. The Morgan fingerprint density at radius 3 is 2.27 bits per heavy atom. The molecule has 0 atom stereocenters. The van der Waals surface area contributed by atoms with Crippen molar-refractivity contribution in [1.82, 2.24) is 14.9 Å². The van der Waals surface area contributed by atoms with Crippen LogP contribution >= 0.6 is 0 Å². The molecule has 0 saturated carbocycles. The number of sulfonamides is 1. The summed E-state index contributed by atoms with van der Waals surface area (Å²) in [5.41, 5.74) is -1.19. The van der Waals surface area contributed by atoms with Crippen LogP contribution in [-0.2, 0) is 14.8 Å². The molecule has 2 aliphatic heterocycles. The predicted octanol–water partition coefficient (Wildman–Crippen LogP) is 0.948. The molecule has 2 fully saturated rings. The van der Waals surface area contributed by atoms with Crippen LogP contribution in [0.25, 0.3) is 0 Å². The minimum absolute atomic E-state index is 0.00605. The molecule has 0 aromatic heterocycles. The van der Waals surface area contributed by atoms with Crippen LogP contribution in [0.4, 0.5) is 18.0 Å². The maximum absolute atomic E-state index is 12.7. The van der Waals surface area contributed by atoms with Gasteiger partial charge < -0.3 is 10.1 Å². The predicted molar refractivity (Wildman–Crippen MR) is 80.5 cm³/mol. The maximum atomic E-state index is 12.7. The van der Waals surface area contributed by atoms with Crippen molar-refractivity contribution in [2.45, 2.75) is 29.6 Å². The monoisotopic (exact) mass is 393 g/mol. The van der Waals surface area contributed by atoms with Gasteiger partial charge in [0.15, 0.2) is 0 Å². The van der Waals surface area contributed by atoms with E-state index in [4.69, 9.17) is 0 Å². The summed E-state index contributed by atoms with van der Waals surface area (Å²) in [4.78, 5) is 22.6. The topological polar surface area (TPSA) is 105 Å². The Labute approximate surface area is 146 Å². The Balaban J connectivity index is 1.83. The third kappa shape index (κ3) is 3.33. The van der Waals surface area contributed by atoms with E-state index in [0.29, 0.717) is 0 Å². The van der Waals surface area contributed by atoms with Crippen molar-refractivity contribution >= 4 is 22.0 Å². The van der Waals surface area contributed by atoms with Gasteiger partial charge in [-0.3, -0.25) is 10.1 Å². The number of rotatable bonds is 3. The van der Waals surface area contributed by atoms with Crippen LogP contribution in [0.1, 0.15) is 12.8 Å². The first kappa shape index (κ1) is 18.5. The summed E-state index contributed by atoms with van der Waals surface area (Å²) >= 11 is 0. The fourth-order valence-corrected chi connectivity index (χ4v) is 4.56. The summed E-state index contributed by atoms with van der Waals surface area (Å²) in [5.74, 6) is -1.37. The highest BCUT2D eigenvalue weighted by Crippen LogP contribution is 2.34. The first-order valence-corrected chi connectivity index (χ1v) is 8.96. The fraction of sp³-hybridized carbons (Fsp3) is 0.429. The standard InChI is InChI=1S/C14H14F3N3O5S/c15-14(16,17)25-9-3-1-2-4-10(9)26(23,24)20-7-5-13(6-8-20)11(21)18-12(22)19-13/h1-4H,5-8H2,(H2,18,19,21,22). The summed E-state index contributed by atoms with van der Waals surface area (Å²) in [6, 6.07) is 3.78. The highest BCUT2D eigenvalue weighted by molar-refractivity contribution is 7.89. The van der Waals surface area contributed by atoms with Crippen molar-refractivity contribution in [3.8, 4) is 5.75 Å². The van der Waals surface area contributed by atoms with E-state index in [9.17, 15) is 31.2 Å². The average Bonchev–Trinajstić information content (AvgIpc) is 2.80. The first-order valence-electron chi connectivity index (χ1n) is 7.52. The number of alkyl halides is 3. The van der Waals surface area contributed by atoms with E-state index in [1.54, 1.807) is 0 Å². The summed E-state index contributed by atoms with van der Waals surface area (Å²) in [7, 11) is -4.28. The van der Waals surface area contributed by atoms with Gasteiger partial charge in [-0.05, 0) is 25.0 Å². The van der Waals surface area contributed by atoms with Crippen LogP contribution in [0, 0.1) is 0 Å². The highest BCUT2D eigenvalue weighted by atomic mass is 32.2. The quantitative estimate of drug-likeness (QED) is 0.744. The second kappa shape index (κ2) is 6.13. The van der Waals surface area contributed by atoms with Crippen LogP contribution in [0.2, 0.25) is 0 Å². The molecule has 3 amide bonds. The van der Waals surface area contributed by atoms with Gasteiger partial charge in [0.1, 0.15) is 16.2 Å². The first-order chi connectivity index (χ1) is 12.0. The summed E-state index contributed by atoms with van der Waals surface area (Å²) in [5, 5.41) is 4.57. The second-order valence-corrected chi connectivity index (χ2v) is 7.80. The highest BCUT2D eigenvalue weighted by Gasteiger charge is 2.49. The molecule has 0 aliphatic carbocycles. The number of benzene rings is 1. The van der Waals surface area contributed by atoms with Gasteiger partial charge in [0, 0.05) is 13.1 Å². The van der Waals surface area contributed by atoms with Gasteiger partial charge in [-0.1, -0.05) is 12.1 Å². The number of carbonyl (C=O) groups excluding carboxylic acids is 2. The lowest BCUT2D eigenvalue weighted by Gasteiger charge is -2.36. The molecule has 142 valence electrons. The molecule has 2 N–H and O–H groups in total. The third-order valence-corrected chi connectivity index (χ3v) is 6.22. The normalized spacial score (nSPS) is 20.7. The molecule has 2 heterocycles. The van der Waals surface area contributed by atoms with Gasteiger partial charge >= 0.3 is 12.4 Å². The van der Waals surface area contributed by atoms with E-state index in [2.05, 4.69) is 15.4 Å². The van der Waals surface area contributed by atoms with Crippen molar-refractivity contribution in [1.29, 1.82) is 0 Å². The average molecular weight is 393 g/mol. The Morgan fingerprint density at radius 2 is 1.73 bits per heavy atom. The molecular formula is C14H14F3N3O5S. The Morgan fingerprint density at radius 1 is 1.12 bits per heavy atom. The van der Waals surface area contributed by atoms with Crippen molar-refractivity contribution in [2.75, 3.05) is 13.1 Å². The number of imide groups is 1. The maximum Gasteiger partial charge on any atom is 0.573 e. The molecule has 1 aromatic carbocycles. The second-order valence-electron chi connectivity index (χ2n) is 5.89. The van der Waals surface area contributed by atoms with E-state index in [1.807, 2.05) is 0 Å². The van der Waals surface area contributed by atoms with Gasteiger partial charge in [0.05, 0.1) is 0 Å². The fourth-order valence-electron chi connectivity index (χ4n) is 3.00. The minimum Gasteiger partial charge on any atom is -0.404 e. The molecule has 1 aromatic rings. The number of para-hydroxylation sites is 1. The van der Waals surface area contributed by atoms with E-state index in [-0.39, 0.29) is 25.9 Å². The van der Waals surface area contributed by atoms with Crippen LogP contribution < -0.4 is 15.4 Å². The molecular weight excluding hydrogens is 379 g/mol. The van der Waals surface area contributed by atoms with E-state index >= 15 is 0 Å². The van der Waals surface area contributed by atoms with Gasteiger partial charge in [0.2, 0.25) is 10.0 Å².